The van der Waals surface area contributed by atoms with Crippen LogP contribution in [0.4, 0.5) is 8.78 Å². The number of ether oxygens (including phenoxy) is 1. The summed E-state index contributed by atoms with van der Waals surface area (Å²) in [6.45, 7) is 3.66. The monoisotopic (exact) mass is 556 g/mol. The number of rotatable bonds is 7. The highest BCUT2D eigenvalue weighted by atomic mass is 19.3. The lowest BCUT2D eigenvalue weighted by atomic mass is 9.63. The Hall–Kier alpha value is -4.08. The van der Waals surface area contributed by atoms with E-state index in [1.807, 2.05) is 0 Å². The van der Waals surface area contributed by atoms with Gasteiger partial charge in [0.15, 0.2) is 0 Å². The standard InChI is InChI=1S/C39H34F2O/c1-3-38(40,41)42-26-25-37(2)33-21-12-6-11-19-29(33)31-23-24-32-30-20-13-14-22-34(30)39(36(32)35(31)37,27-15-7-4-8-16-27)28-17-9-5-10-18-28/h4-10,12-24H,3,11,25-26H2,1-2H3. The Bertz CT molecular complexity index is 1710. The maximum atomic E-state index is 14.4. The number of halogens is 2. The van der Waals surface area contributed by atoms with Crippen LogP contribution in [0.15, 0.2) is 127 Å². The Labute approximate surface area is 246 Å². The van der Waals surface area contributed by atoms with Gasteiger partial charge in [-0.05, 0) is 68.5 Å². The van der Waals surface area contributed by atoms with Crippen molar-refractivity contribution in [3.05, 3.63) is 160 Å². The molecule has 0 fully saturated rings. The molecular weight excluding hydrogens is 522 g/mol. The minimum Gasteiger partial charge on any atom is -0.320 e. The topological polar surface area (TPSA) is 9.23 Å². The van der Waals surface area contributed by atoms with E-state index >= 15 is 0 Å². The SMILES string of the molecule is CCC(F)(F)OCCC1(C)C2=CC=CCC=C2c2ccc3c(c21)C(c1ccccc1)(c1ccccc1)c1ccccc1-3. The lowest BCUT2D eigenvalue weighted by Crippen LogP contribution is -2.34. The first-order valence-electron chi connectivity index (χ1n) is 14.9. The van der Waals surface area contributed by atoms with Gasteiger partial charge in [0.05, 0.1) is 12.0 Å². The number of allylic oxidation sites excluding steroid dienone is 6. The second kappa shape index (κ2) is 10.0. The fourth-order valence-electron chi connectivity index (χ4n) is 7.60. The predicted molar refractivity (Wildman–Crippen MR) is 167 cm³/mol. The van der Waals surface area contributed by atoms with E-state index in [2.05, 4.69) is 128 Å². The van der Waals surface area contributed by atoms with Gasteiger partial charge in [0.1, 0.15) is 0 Å². The molecule has 0 aliphatic heterocycles. The van der Waals surface area contributed by atoms with Gasteiger partial charge in [-0.3, -0.25) is 0 Å². The molecule has 3 aliphatic rings. The fraction of sp³-hybridized carbons (Fsp3) is 0.231. The van der Waals surface area contributed by atoms with Crippen molar-refractivity contribution in [2.45, 2.75) is 50.0 Å². The van der Waals surface area contributed by atoms with Crippen LogP contribution in [0.1, 0.15) is 66.5 Å². The molecule has 1 atom stereocenters. The van der Waals surface area contributed by atoms with Crippen molar-refractivity contribution in [1.82, 2.24) is 0 Å². The maximum absolute atomic E-state index is 14.4. The average Bonchev–Trinajstić information content (AvgIpc) is 3.28. The van der Waals surface area contributed by atoms with Crippen LogP contribution in [0.5, 0.6) is 0 Å². The summed E-state index contributed by atoms with van der Waals surface area (Å²) in [5, 5.41) is 0. The summed E-state index contributed by atoms with van der Waals surface area (Å²) in [7, 11) is 0. The van der Waals surface area contributed by atoms with E-state index in [4.69, 9.17) is 4.74 Å². The molecule has 0 bridgehead atoms. The van der Waals surface area contributed by atoms with E-state index < -0.39 is 16.9 Å². The Kier molecular flexibility index (Phi) is 6.40. The molecule has 42 heavy (non-hydrogen) atoms. The Morgan fingerprint density at radius 3 is 2.10 bits per heavy atom. The second-order valence-electron chi connectivity index (χ2n) is 11.7. The largest absolute Gasteiger partial charge is 0.355 e. The summed E-state index contributed by atoms with van der Waals surface area (Å²) < 4.78 is 33.9. The first-order chi connectivity index (χ1) is 20.4. The number of alkyl halides is 2. The molecule has 0 N–H and O–H groups in total. The van der Waals surface area contributed by atoms with Crippen molar-refractivity contribution in [1.29, 1.82) is 0 Å². The molecule has 0 spiro atoms. The van der Waals surface area contributed by atoms with Crippen molar-refractivity contribution < 1.29 is 13.5 Å². The van der Waals surface area contributed by atoms with Gasteiger partial charge in [-0.2, -0.15) is 8.78 Å². The zero-order valence-electron chi connectivity index (χ0n) is 24.0. The second-order valence-corrected chi connectivity index (χ2v) is 11.7. The van der Waals surface area contributed by atoms with E-state index in [1.54, 1.807) is 0 Å². The highest BCUT2D eigenvalue weighted by Gasteiger charge is 2.53. The Balaban J connectivity index is 1.58. The van der Waals surface area contributed by atoms with Crippen molar-refractivity contribution in [3.8, 4) is 11.1 Å². The molecule has 3 heteroatoms. The quantitative estimate of drug-likeness (QED) is 0.194. The number of benzene rings is 4. The number of fused-ring (bicyclic) bond motifs is 7. The molecule has 0 saturated carbocycles. The molecule has 4 aromatic rings. The van der Waals surface area contributed by atoms with E-state index in [0.29, 0.717) is 6.42 Å². The summed E-state index contributed by atoms with van der Waals surface area (Å²) in [6.07, 6.45) is 6.55. The van der Waals surface area contributed by atoms with Crippen LogP contribution in [0.3, 0.4) is 0 Å². The van der Waals surface area contributed by atoms with Crippen LogP contribution < -0.4 is 0 Å². The third-order valence-electron chi connectivity index (χ3n) is 9.53. The zero-order chi connectivity index (χ0) is 29.0. The molecule has 0 amide bonds. The summed E-state index contributed by atoms with van der Waals surface area (Å²) in [4.78, 5) is 0. The smallest absolute Gasteiger partial charge is 0.320 e. The van der Waals surface area contributed by atoms with Gasteiger partial charge >= 0.3 is 6.11 Å². The van der Waals surface area contributed by atoms with Crippen LogP contribution in [0.2, 0.25) is 0 Å². The molecule has 0 heterocycles. The molecule has 4 aromatic carbocycles. The minimum absolute atomic E-state index is 0.0363. The van der Waals surface area contributed by atoms with Gasteiger partial charge in [-0.1, -0.05) is 135 Å². The van der Waals surface area contributed by atoms with E-state index in [0.717, 1.165) is 6.42 Å². The van der Waals surface area contributed by atoms with Crippen LogP contribution in [-0.2, 0) is 15.6 Å². The Morgan fingerprint density at radius 2 is 1.40 bits per heavy atom. The van der Waals surface area contributed by atoms with Crippen molar-refractivity contribution in [2.24, 2.45) is 0 Å². The van der Waals surface area contributed by atoms with Gasteiger partial charge in [0.25, 0.3) is 0 Å². The van der Waals surface area contributed by atoms with Crippen LogP contribution >= 0.6 is 0 Å². The van der Waals surface area contributed by atoms with Crippen molar-refractivity contribution >= 4 is 5.57 Å². The highest BCUT2D eigenvalue weighted by molar-refractivity contribution is 5.97. The van der Waals surface area contributed by atoms with Gasteiger partial charge < -0.3 is 4.74 Å². The summed E-state index contributed by atoms with van der Waals surface area (Å²) in [5.74, 6) is 0. The summed E-state index contributed by atoms with van der Waals surface area (Å²) in [5.41, 5.74) is 11.0. The van der Waals surface area contributed by atoms with Crippen LogP contribution in [0, 0.1) is 0 Å². The van der Waals surface area contributed by atoms with E-state index in [9.17, 15) is 8.78 Å². The van der Waals surface area contributed by atoms with E-state index in [-0.39, 0.29) is 13.0 Å². The maximum Gasteiger partial charge on any atom is 0.355 e. The van der Waals surface area contributed by atoms with Gasteiger partial charge in [0, 0.05) is 11.8 Å². The zero-order valence-corrected chi connectivity index (χ0v) is 24.0. The third kappa shape index (κ3) is 3.83. The molecule has 210 valence electrons. The molecule has 7 rings (SSSR count). The number of hydrogen-bond acceptors (Lipinski definition) is 1. The normalized spacial score (nSPS) is 19.7. The first-order valence-corrected chi connectivity index (χ1v) is 14.9. The third-order valence-corrected chi connectivity index (χ3v) is 9.53. The van der Waals surface area contributed by atoms with Crippen molar-refractivity contribution in [3.63, 3.8) is 0 Å². The minimum atomic E-state index is -3.14. The summed E-state index contributed by atoms with van der Waals surface area (Å²) in [6, 6.07) is 34.8. The van der Waals surface area contributed by atoms with E-state index in [1.165, 1.54) is 62.6 Å². The molecular formula is C39H34F2O. The molecule has 0 aromatic heterocycles. The van der Waals surface area contributed by atoms with Gasteiger partial charge in [-0.15, -0.1) is 0 Å². The molecule has 1 nitrogen and oxygen atoms in total. The van der Waals surface area contributed by atoms with Crippen molar-refractivity contribution in [2.75, 3.05) is 6.61 Å². The predicted octanol–water partition coefficient (Wildman–Crippen LogP) is 10.0. The average molecular weight is 557 g/mol. The highest BCUT2D eigenvalue weighted by Crippen LogP contribution is 2.63. The fourth-order valence-corrected chi connectivity index (χ4v) is 7.60. The van der Waals surface area contributed by atoms with Crippen LogP contribution in [0.25, 0.3) is 16.7 Å². The molecule has 0 saturated heterocycles. The number of hydrogen-bond donors (Lipinski definition) is 0. The van der Waals surface area contributed by atoms with Crippen LogP contribution in [-0.4, -0.2) is 12.7 Å². The molecule has 0 radical (unpaired) electrons. The van der Waals surface area contributed by atoms with Gasteiger partial charge in [-0.25, -0.2) is 0 Å². The lowest BCUT2D eigenvalue weighted by Gasteiger charge is -2.38. The molecule has 1 unspecified atom stereocenters. The summed E-state index contributed by atoms with van der Waals surface area (Å²) >= 11 is 0. The Morgan fingerprint density at radius 1 is 0.762 bits per heavy atom. The first kappa shape index (κ1) is 26.8. The van der Waals surface area contributed by atoms with Gasteiger partial charge in [0.2, 0.25) is 0 Å². The lowest BCUT2D eigenvalue weighted by molar-refractivity contribution is -0.240. The molecule has 3 aliphatic carbocycles.